The van der Waals surface area contributed by atoms with E-state index in [9.17, 15) is 9.59 Å². The van der Waals surface area contributed by atoms with Crippen LogP contribution in [0.3, 0.4) is 0 Å². The highest BCUT2D eigenvalue weighted by Crippen LogP contribution is 2.09. The van der Waals surface area contributed by atoms with Gasteiger partial charge in [0.05, 0.1) is 6.42 Å². The molecule has 16 heavy (non-hydrogen) atoms. The topological polar surface area (TPSA) is 55.8 Å². The van der Waals surface area contributed by atoms with Crippen molar-refractivity contribution in [3.8, 4) is 0 Å². The van der Waals surface area contributed by atoms with Gasteiger partial charge in [0.25, 0.3) is 0 Å². The van der Waals surface area contributed by atoms with Crippen molar-refractivity contribution in [2.24, 2.45) is 5.92 Å². The predicted octanol–water partition coefficient (Wildman–Crippen LogP) is 1.03. The zero-order valence-electron chi connectivity index (χ0n) is 10.6. The van der Waals surface area contributed by atoms with E-state index in [-0.39, 0.29) is 18.3 Å². The van der Waals surface area contributed by atoms with Crippen LogP contribution in [-0.2, 0) is 19.1 Å². The number of hydrogen-bond donors (Lipinski definition) is 0. The minimum atomic E-state index is -0.785. The summed E-state index contributed by atoms with van der Waals surface area (Å²) in [5, 5.41) is 0. The Labute approximate surface area is 96.7 Å². The average Bonchev–Trinajstić information content (AvgIpc) is 2.12. The van der Waals surface area contributed by atoms with Gasteiger partial charge in [0.2, 0.25) is 6.29 Å². The lowest BCUT2D eigenvalue weighted by Gasteiger charge is -2.21. The van der Waals surface area contributed by atoms with E-state index in [1.54, 1.807) is 0 Å². The van der Waals surface area contributed by atoms with Gasteiger partial charge < -0.3 is 14.4 Å². The summed E-state index contributed by atoms with van der Waals surface area (Å²) >= 11 is 0. The lowest BCUT2D eigenvalue weighted by atomic mass is 10.2. The van der Waals surface area contributed by atoms with Gasteiger partial charge in [-0.1, -0.05) is 13.8 Å². The first kappa shape index (κ1) is 14.9. The molecule has 0 aliphatic rings. The molecule has 1 atom stereocenters. The quantitative estimate of drug-likeness (QED) is 0.504. The molecule has 0 fully saturated rings. The highest BCUT2D eigenvalue weighted by Gasteiger charge is 2.20. The van der Waals surface area contributed by atoms with Gasteiger partial charge in [0, 0.05) is 19.4 Å². The van der Waals surface area contributed by atoms with Crippen molar-refractivity contribution >= 4 is 11.9 Å². The van der Waals surface area contributed by atoms with E-state index in [4.69, 9.17) is 9.47 Å². The van der Waals surface area contributed by atoms with Crippen LogP contribution in [-0.4, -0.2) is 43.8 Å². The van der Waals surface area contributed by atoms with Gasteiger partial charge in [-0.05, 0) is 14.1 Å². The molecule has 94 valence electrons. The van der Waals surface area contributed by atoms with Crippen molar-refractivity contribution in [1.82, 2.24) is 4.90 Å². The third-order valence-electron chi connectivity index (χ3n) is 1.84. The first-order chi connectivity index (χ1) is 7.32. The molecule has 0 N–H and O–H groups in total. The van der Waals surface area contributed by atoms with Gasteiger partial charge in [-0.3, -0.25) is 9.59 Å². The molecule has 0 bridgehead atoms. The van der Waals surface area contributed by atoms with E-state index in [1.165, 1.54) is 6.92 Å². The molecular formula is C11H21NO4. The highest BCUT2D eigenvalue weighted by atomic mass is 16.7. The Hall–Kier alpha value is -1.10. The van der Waals surface area contributed by atoms with Crippen molar-refractivity contribution in [3.63, 3.8) is 0 Å². The van der Waals surface area contributed by atoms with Gasteiger partial charge in [0.1, 0.15) is 0 Å². The van der Waals surface area contributed by atoms with Crippen LogP contribution in [0.25, 0.3) is 0 Å². The Balaban J connectivity index is 4.08. The van der Waals surface area contributed by atoms with E-state index >= 15 is 0 Å². The highest BCUT2D eigenvalue weighted by molar-refractivity contribution is 5.70. The smallest absolute Gasteiger partial charge is 0.310 e. The molecule has 0 saturated heterocycles. The zero-order chi connectivity index (χ0) is 12.7. The second kappa shape index (κ2) is 7.22. The van der Waals surface area contributed by atoms with Crippen molar-refractivity contribution in [3.05, 3.63) is 0 Å². The summed E-state index contributed by atoms with van der Waals surface area (Å²) in [7, 11) is 3.75. The van der Waals surface area contributed by atoms with Crippen LogP contribution in [0.5, 0.6) is 0 Å². The maximum absolute atomic E-state index is 11.4. The van der Waals surface area contributed by atoms with Crippen LogP contribution < -0.4 is 0 Å². The molecule has 0 aromatic heterocycles. The second-order valence-corrected chi connectivity index (χ2v) is 4.26. The summed E-state index contributed by atoms with van der Waals surface area (Å²) < 4.78 is 9.96. The minimum Gasteiger partial charge on any atom is -0.425 e. The van der Waals surface area contributed by atoms with Crippen LogP contribution in [0.4, 0.5) is 0 Å². The molecule has 0 radical (unpaired) electrons. The third kappa shape index (κ3) is 7.23. The molecule has 0 aliphatic carbocycles. The van der Waals surface area contributed by atoms with E-state index in [1.807, 2.05) is 32.8 Å². The predicted molar refractivity (Wildman–Crippen MR) is 59.7 cm³/mol. The molecule has 0 aromatic rings. The first-order valence-corrected chi connectivity index (χ1v) is 5.34. The zero-order valence-corrected chi connectivity index (χ0v) is 10.6. The Bertz CT molecular complexity index is 238. The summed E-state index contributed by atoms with van der Waals surface area (Å²) in [5.74, 6) is -0.847. The average molecular weight is 231 g/mol. The SMILES string of the molecule is CC(=O)OC(OC(=O)CCN(C)C)C(C)C. The van der Waals surface area contributed by atoms with Gasteiger partial charge in [-0.15, -0.1) is 0 Å². The van der Waals surface area contributed by atoms with E-state index in [0.717, 1.165) is 0 Å². The summed E-state index contributed by atoms with van der Waals surface area (Å²) in [6.07, 6.45) is -0.496. The number of hydrogen-bond acceptors (Lipinski definition) is 5. The molecule has 5 heteroatoms. The molecule has 1 unspecified atom stereocenters. The fraction of sp³-hybridized carbons (Fsp3) is 0.818. The molecule has 0 rings (SSSR count). The molecule has 0 aromatic carbocycles. The fourth-order valence-electron chi connectivity index (χ4n) is 0.963. The number of esters is 2. The molecule has 0 aliphatic heterocycles. The molecule has 0 amide bonds. The maximum Gasteiger partial charge on any atom is 0.310 e. The largest absolute Gasteiger partial charge is 0.425 e. The van der Waals surface area contributed by atoms with Crippen molar-refractivity contribution in [2.75, 3.05) is 20.6 Å². The summed E-state index contributed by atoms with van der Waals surface area (Å²) in [6.45, 7) is 5.56. The number of carbonyl (C=O) groups excluding carboxylic acids is 2. The van der Waals surface area contributed by atoms with Crippen molar-refractivity contribution in [1.29, 1.82) is 0 Å². The molecule has 0 saturated carbocycles. The minimum absolute atomic E-state index is 0.0489. The van der Waals surface area contributed by atoms with Crippen molar-refractivity contribution < 1.29 is 19.1 Å². The standard InChI is InChI=1S/C11H21NO4/c1-8(2)11(15-9(3)13)16-10(14)6-7-12(4)5/h8,11H,6-7H2,1-5H3. The Morgan fingerprint density at radius 3 is 2.12 bits per heavy atom. The van der Waals surface area contributed by atoms with Crippen LogP contribution in [0.1, 0.15) is 27.2 Å². The monoisotopic (exact) mass is 231 g/mol. The third-order valence-corrected chi connectivity index (χ3v) is 1.84. The van der Waals surface area contributed by atoms with E-state index in [2.05, 4.69) is 0 Å². The maximum atomic E-state index is 11.4. The van der Waals surface area contributed by atoms with Crippen LogP contribution >= 0.6 is 0 Å². The lowest BCUT2D eigenvalue weighted by molar-refractivity contribution is -0.194. The second-order valence-electron chi connectivity index (χ2n) is 4.26. The first-order valence-electron chi connectivity index (χ1n) is 5.34. The van der Waals surface area contributed by atoms with Gasteiger partial charge >= 0.3 is 11.9 Å². The van der Waals surface area contributed by atoms with Gasteiger partial charge in [-0.25, -0.2) is 0 Å². The molecular weight excluding hydrogens is 210 g/mol. The summed E-state index contributed by atoms with van der Waals surface area (Å²) in [4.78, 5) is 24.1. The van der Waals surface area contributed by atoms with Crippen LogP contribution in [0, 0.1) is 5.92 Å². The van der Waals surface area contributed by atoms with Crippen LogP contribution in [0.15, 0.2) is 0 Å². The Morgan fingerprint density at radius 2 is 1.75 bits per heavy atom. The molecule has 0 heterocycles. The van der Waals surface area contributed by atoms with E-state index in [0.29, 0.717) is 6.54 Å². The number of carbonyl (C=O) groups is 2. The Morgan fingerprint density at radius 1 is 1.19 bits per heavy atom. The number of rotatable bonds is 6. The number of nitrogens with zero attached hydrogens (tertiary/aromatic N) is 1. The Kier molecular flexibility index (Phi) is 6.72. The van der Waals surface area contributed by atoms with Crippen LogP contribution in [0.2, 0.25) is 0 Å². The number of ether oxygens (including phenoxy) is 2. The normalized spacial score (nSPS) is 12.7. The van der Waals surface area contributed by atoms with Gasteiger partial charge in [-0.2, -0.15) is 0 Å². The lowest BCUT2D eigenvalue weighted by Crippen LogP contribution is -2.29. The van der Waals surface area contributed by atoms with Crippen molar-refractivity contribution in [2.45, 2.75) is 33.5 Å². The van der Waals surface area contributed by atoms with E-state index < -0.39 is 12.3 Å². The summed E-state index contributed by atoms with van der Waals surface area (Å²) in [5.41, 5.74) is 0. The summed E-state index contributed by atoms with van der Waals surface area (Å²) in [6, 6.07) is 0. The van der Waals surface area contributed by atoms with Gasteiger partial charge in [0.15, 0.2) is 0 Å². The molecule has 0 spiro atoms. The molecule has 5 nitrogen and oxygen atoms in total. The fourth-order valence-corrected chi connectivity index (χ4v) is 0.963.